The number of aromatic carboxylic acids is 1. The minimum absolute atomic E-state index is 0.0124. The Morgan fingerprint density at radius 1 is 1.26 bits per heavy atom. The molecule has 0 fully saturated rings. The molecule has 3 rings (SSSR count). The van der Waals surface area contributed by atoms with Gasteiger partial charge in [0, 0.05) is 22.0 Å². The number of carboxylic acids is 1. The standard InChI is InChI=1S/C18H15BrFNO5S/c1-10-14-9-13(3-5-16(14)26-17(10)18(22)23)27(24,25)21-7-6-11-8-12(19)2-4-15(11)20/h2-5,8-9,21H,6-7H2,1H3,(H,22,23). The maximum absolute atomic E-state index is 13.7. The monoisotopic (exact) mass is 455 g/mol. The van der Waals surface area contributed by atoms with Crippen molar-refractivity contribution in [3.63, 3.8) is 0 Å². The van der Waals surface area contributed by atoms with Crippen molar-refractivity contribution in [1.82, 2.24) is 4.72 Å². The van der Waals surface area contributed by atoms with E-state index in [1.165, 1.54) is 24.3 Å². The molecular weight excluding hydrogens is 441 g/mol. The smallest absolute Gasteiger partial charge is 0.372 e. The summed E-state index contributed by atoms with van der Waals surface area (Å²) in [4.78, 5) is 11.1. The van der Waals surface area contributed by atoms with Gasteiger partial charge in [-0.1, -0.05) is 15.9 Å². The van der Waals surface area contributed by atoms with E-state index in [-0.39, 0.29) is 23.6 Å². The quantitative estimate of drug-likeness (QED) is 0.587. The highest BCUT2D eigenvalue weighted by atomic mass is 79.9. The molecule has 0 atom stereocenters. The van der Waals surface area contributed by atoms with Crippen LogP contribution in [0.15, 0.2) is 50.2 Å². The number of aryl methyl sites for hydroxylation is 1. The van der Waals surface area contributed by atoms with E-state index in [4.69, 9.17) is 9.52 Å². The zero-order valence-corrected chi connectivity index (χ0v) is 16.5. The van der Waals surface area contributed by atoms with Gasteiger partial charge in [0.2, 0.25) is 15.8 Å². The molecule has 2 N–H and O–H groups in total. The molecule has 0 saturated heterocycles. The van der Waals surface area contributed by atoms with Crippen molar-refractivity contribution in [3.8, 4) is 0 Å². The van der Waals surface area contributed by atoms with Crippen LogP contribution in [-0.4, -0.2) is 26.0 Å². The number of carboxylic acid groups (broad SMARTS) is 1. The van der Waals surface area contributed by atoms with Crippen molar-refractivity contribution >= 4 is 42.9 Å². The Hall–Kier alpha value is -2.23. The number of hydrogen-bond acceptors (Lipinski definition) is 4. The molecule has 9 heteroatoms. The summed E-state index contributed by atoms with van der Waals surface area (Å²) >= 11 is 3.25. The summed E-state index contributed by atoms with van der Waals surface area (Å²) in [6, 6.07) is 8.58. The van der Waals surface area contributed by atoms with Crippen LogP contribution in [0.4, 0.5) is 4.39 Å². The third-order valence-corrected chi connectivity index (χ3v) is 6.06. The molecule has 27 heavy (non-hydrogen) atoms. The molecule has 1 heterocycles. The lowest BCUT2D eigenvalue weighted by atomic mass is 10.1. The molecular formula is C18H15BrFNO5S. The van der Waals surface area contributed by atoms with E-state index < -0.39 is 21.8 Å². The van der Waals surface area contributed by atoms with Crippen molar-refractivity contribution in [3.05, 3.63) is 63.6 Å². The van der Waals surface area contributed by atoms with E-state index in [0.29, 0.717) is 26.6 Å². The van der Waals surface area contributed by atoms with Gasteiger partial charge in [-0.15, -0.1) is 0 Å². The highest BCUT2D eigenvalue weighted by Crippen LogP contribution is 2.27. The Bertz CT molecular complexity index is 1140. The second-order valence-electron chi connectivity index (χ2n) is 5.90. The van der Waals surface area contributed by atoms with Gasteiger partial charge < -0.3 is 9.52 Å². The predicted molar refractivity (Wildman–Crippen MR) is 101 cm³/mol. The van der Waals surface area contributed by atoms with Gasteiger partial charge in [0.1, 0.15) is 11.4 Å². The van der Waals surface area contributed by atoms with Gasteiger partial charge in [0.25, 0.3) is 0 Å². The molecule has 0 radical (unpaired) electrons. The SMILES string of the molecule is Cc1c(C(=O)O)oc2ccc(S(=O)(=O)NCCc3cc(Br)ccc3F)cc12. The number of furan rings is 1. The third-order valence-electron chi connectivity index (χ3n) is 4.11. The lowest BCUT2D eigenvalue weighted by Gasteiger charge is -2.08. The van der Waals surface area contributed by atoms with Crippen LogP contribution in [-0.2, 0) is 16.4 Å². The van der Waals surface area contributed by atoms with Crippen LogP contribution in [0.3, 0.4) is 0 Å². The van der Waals surface area contributed by atoms with Crippen molar-refractivity contribution in [2.24, 2.45) is 0 Å². The molecule has 1 aromatic heterocycles. The number of benzene rings is 2. The van der Waals surface area contributed by atoms with Gasteiger partial charge in [0.05, 0.1) is 4.90 Å². The summed E-state index contributed by atoms with van der Waals surface area (Å²) in [5, 5.41) is 9.51. The fraction of sp³-hybridized carbons (Fsp3) is 0.167. The summed E-state index contributed by atoms with van der Waals surface area (Å²) < 4.78 is 47.1. The Labute approximate surface area is 163 Å². The normalized spacial score (nSPS) is 11.8. The minimum Gasteiger partial charge on any atom is -0.475 e. The van der Waals surface area contributed by atoms with E-state index in [9.17, 15) is 17.6 Å². The number of rotatable bonds is 6. The number of sulfonamides is 1. The maximum atomic E-state index is 13.7. The zero-order valence-electron chi connectivity index (χ0n) is 14.1. The number of hydrogen-bond donors (Lipinski definition) is 2. The first-order valence-corrected chi connectivity index (χ1v) is 10.2. The van der Waals surface area contributed by atoms with Crippen LogP contribution in [0.25, 0.3) is 11.0 Å². The van der Waals surface area contributed by atoms with Crippen molar-refractivity contribution in [1.29, 1.82) is 0 Å². The molecule has 6 nitrogen and oxygen atoms in total. The lowest BCUT2D eigenvalue weighted by molar-refractivity contribution is 0.0664. The van der Waals surface area contributed by atoms with E-state index >= 15 is 0 Å². The molecule has 0 aliphatic carbocycles. The second kappa shape index (κ2) is 7.41. The van der Waals surface area contributed by atoms with Gasteiger partial charge in [-0.05, 0) is 55.3 Å². The van der Waals surface area contributed by atoms with Crippen LogP contribution in [0.1, 0.15) is 21.7 Å². The predicted octanol–water partition coefficient (Wildman–Crippen LogP) is 3.86. The number of halogens is 2. The third kappa shape index (κ3) is 4.05. The highest BCUT2D eigenvalue weighted by Gasteiger charge is 2.20. The number of nitrogens with one attached hydrogen (secondary N) is 1. The highest BCUT2D eigenvalue weighted by molar-refractivity contribution is 9.10. The molecule has 3 aromatic rings. The van der Waals surface area contributed by atoms with Crippen molar-refractivity contribution < 1.29 is 27.1 Å². The largest absolute Gasteiger partial charge is 0.475 e. The van der Waals surface area contributed by atoms with Crippen LogP contribution >= 0.6 is 15.9 Å². The zero-order chi connectivity index (χ0) is 19.8. The minimum atomic E-state index is -3.85. The first-order valence-electron chi connectivity index (χ1n) is 7.89. The van der Waals surface area contributed by atoms with Gasteiger partial charge >= 0.3 is 5.97 Å². The molecule has 0 amide bonds. The summed E-state index contributed by atoms with van der Waals surface area (Å²) in [7, 11) is -3.85. The average Bonchev–Trinajstić information content (AvgIpc) is 2.94. The number of carbonyl (C=O) groups is 1. The van der Waals surface area contributed by atoms with Crippen LogP contribution < -0.4 is 4.72 Å². The number of fused-ring (bicyclic) bond motifs is 1. The average molecular weight is 456 g/mol. The van der Waals surface area contributed by atoms with E-state index in [1.54, 1.807) is 19.1 Å². The summed E-state index contributed by atoms with van der Waals surface area (Å²) in [6.45, 7) is 1.56. The van der Waals surface area contributed by atoms with E-state index in [1.807, 2.05) is 0 Å². The van der Waals surface area contributed by atoms with Gasteiger partial charge in [-0.3, -0.25) is 0 Å². The fourth-order valence-electron chi connectivity index (χ4n) is 2.71. The second-order valence-corrected chi connectivity index (χ2v) is 8.59. The molecule has 0 unspecified atom stereocenters. The topological polar surface area (TPSA) is 96.6 Å². The molecule has 0 aliphatic heterocycles. The lowest BCUT2D eigenvalue weighted by Crippen LogP contribution is -2.26. The van der Waals surface area contributed by atoms with E-state index in [2.05, 4.69) is 20.7 Å². The molecule has 0 aliphatic rings. The molecule has 0 bridgehead atoms. The molecule has 2 aromatic carbocycles. The molecule has 0 saturated carbocycles. The molecule has 0 spiro atoms. The van der Waals surface area contributed by atoms with Crippen molar-refractivity contribution in [2.75, 3.05) is 6.54 Å². The Morgan fingerprint density at radius 2 is 2.00 bits per heavy atom. The van der Waals surface area contributed by atoms with Crippen LogP contribution in [0, 0.1) is 12.7 Å². The van der Waals surface area contributed by atoms with Gasteiger partial charge in [-0.25, -0.2) is 22.3 Å². The van der Waals surface area contributed by atoms with E-state index in [0.717, 1.165) is 0 Å². The summed E-state index contributed by atoms with van der Waals surface area (Å²) in [5.74, 6) is -1.85. The Balaban J connectivity index is 1.81. The Morgan fingerprint density at radius 3 is 2.70 bits per heavy atom. The Kier molecular flexibility index (Phi) is 5.36. The van der Waals surface area contributed by atoms with Gasteiger partial charge in [-0.2, -0.15) is 0 Å². The summed E-state index contributed by atoms with van der Waals surface area (Å²) in [5.41, 5.74) is 1.03. The van der Waals surface area contributed by atoms with Gasteiger partial charge in [0.15, 0.2) is 0 Å². The van der Waals surface area contributed by atoms with Crippen molar-refractivity contribution in [2.45, 2.75) is 18.2 Å². The van der Waals surface area contributed by atoms with Crippen LogP contribution in [0.5, 0.6) is 0 Å². The summed E-state index contributed by atoms with van der Waals surface area (Å²) in [6.07, 6.45) is 0.181. The first kappa shape index (κ1) is 19.5. The molecule has 142 valence electrons. The first-order chi connectivity index (χ1) is 12.7. The maximum Gasteiger partial charge on any atom is 0.372 e. The fourth-order valence-corrected chi connectivity index (χ4v) is 4.18. The van der Waals surface area contributed by atoms with Crippen LogP contribution in [0.2, 0.25) is 0 Å².